The van der Waals surface area contributed by atoms with Crippen LogP contribution >= 0.6 is 0 Å². The number of aliphatic hydroxyl groups is 1. The van der Waals surface area contributed by atoms with Gasteiger partial charge < -0.3 is 9.84 Å². The zero-order valence-electron chi connectivity index (χ0n) is 22.4. The molecule has 1 aromatic carbocycles. The molecule has 0 aliphatic heterocycles. The summed E-state index contributed by atoms with van der Waals surface area (Å²) in [6.45, 7) is 6.77. The third kappa shape index (κ3) is 4.23. The number of hydrogen-bond donors (Lipinski definition) is 1. The molecule has 1 N–H and O–H groups in total. The van der Waals surface area contributed by atoms with Crippen molar-refractivity contribution >= 4 is 16.8 Å². The Morgan fingerprint density at radius 1 is 1.05 bits per heavy atom. The molecule has 38 heavy (non-hydrogen) atoms. The number of aromatic nitrogens is 3. The van der Waals surface area contributed by atoms with Gasteiger partial charge in [-0.2, -0.15) is 0 Å². The van der Waals surface area contributed by atoms with E-state index in [-0.39, 0.29) is 34.8 Å². The van der Waals surface area contributed by atoms with Crippen molar-refractivity contribution in [2.45, 2.75) is 97.1 Å². The van der Waals surface area contributed by atoms with Crippen molar-refractivity contribution in [1.82, 2.24) is 15.0 Å². The van der Waals surface area contributed by atoms with Gasteiger partial charge >= 0.3 is 6.36 Å². The number of carbonyl (C=O) groups excluding carboxylic acids is 1. The summed E-state index contributed by atoms with van der Waals surface area (Å²) in [4.78, 5) is 13.7. The van der Waals surface area contributed by atoms with E-state index >= 15 is 0 Å². The van der Waals surface area contributed by atoms with Gasteiger partial charge in [0.2, 0.25) is 0 Å². The number of rotatable bonds is 4. The number of ether oxygens (including phenoxy) is 1. The van der Waals surface area contributed by atoms with Crippen LogP contribution in [0.3, 0.4) is 0 Å². The zero-order chi connectivity index (χ0) is 27.1. The predicted octanol–water partition coefficient (Wildman–Crippen LogP) is 6.31. The van der Waals surface area contributed by atoms with Gasteiger partial charge in [0.15, 0.2) is 5.78 Å². The number of hydrogen-bond acceptors (Lipinski definition) is 5. The van der Waals surface area contributed by atoms with Crippen molar-refractivity contribution in [1.29, 1.82) is 0 Å². The minimum Gasteiger partial charge on any atom is -0.406 e. The maximum Gasteiger partial charge on any atom is 0.573 e. The number of carbonyl (C=O) groups is 1. The predicted molar refractivity (Wildman–Crippen MR) is 135 cm³/mol. The largest absolute Gasteiger partial charge is 0.573 e. The molecule has 0 saturated heterocycles. The van der Waals surface area contributed by atoms with E-state index in [9.17, 15) is 23.1 Å². The van der Waals surface area contributed by atoms with E-state index in [4.69, 9.17) is 0 Å². The van der Waals surface area contributed by atoms with Crippen LogP contribution in [0.1, 0.15) is 78.6 Å². The fourth-order valence-electron chi connectivity index (χ4n) is 9.48. The van der Waals surface area contributed by atoms with Gasteiger partial charge in [-0.25, -0.2) is 4.68 Å². The van der Waals surface area contributed by atoms with Crippen molar-refractivity contribution in [3.05, 3.63) is 18.2 Å². The van der Waals surface area contributed by atoms with Crippen LogP contribution in [-0.4, -0.2) is 37.8 Å². The van der Waals surface area contributed by atoms with E-state index in [0.29, 0.717) is 34.7 Å². The Morgan fingerprint density at radius 2 is 1.82 bits per heavy atom. The number of halogens is 3. The normalized spacial score (nSPS) is 40.9. The summed E-state index contributed by atoms with van der Waals surface area (Å²) in [5.41, 5.74) is 0.450. The van der Waals surface area contributed by atoms with Gasteiger partial charge in [-0.3, -0.25) is 4.79 Å². The molecule has 0 bridgehead atoms. The molecule has 9 heteroatoms. The van der Waals surface area contributed by atoms with Gasteiger partial charge in [0.05, 0.1) is 11.1 Å². The number of alkyl halides is 3. The second-order valence-electron chi connectivity index (χ2n) is 13.4. The molecule has 4 saturated carbocycles. The van der Waals surface area contributed by atoms with Crippen LogP contribution in [0.2, 0.25) is 0 Å². The summed E-state index contributed by atoms with van der Waals surface area (Å²) in [6.07, 6.45) is 4.45. The monoisotopic (exact) mass is 533 g/mol. The van der Waals surface area contributed by atoms with Crippen LogP contribution in [0, 0.1) is 40.4 Å². The summed E-state index contributed by atoms with van der Waals surface area (Å²) < 4.78 is 43.7. The lowest BCUT2D eigenvalue weighted by molar-refractivity contribution is -0.274. The van der Waals surface area contributed by atoms with Gasteiger partial charge in [0.25, 0.3) is 0 Å². The molecule has 208 valence electrons. The van der Waals surface area contributed by atoms with Crippen molar-refractivity contribution in [3.63, 3.8) is 0 Å². The summed E-state index contributed by atoms with van der Waals surface area (Å²) in [6, 6.07) is 3.89. The lowest BCUT2D eigenvalue weighted by Crippen LogP contribution is -2.55. The number of Topliss-reactive ketones (excluding diaryl/α,β-unsaturated/α-hetero) is 1. The SMILES string of the molecule is C[C@@]1(O)CC[C@@]2(C)[C@H](CC[C@@H]3[C@@H]2CC[C@]2(C)[C@@H](C(=O)Cn4nnc5ccc(OC(F)(F)F)cc54)CC[C@@H]32)C1. The first kappa shape index (κ1) is 26.1. The Morgan fingerprint density at radius 3 is 2.58 bits per heavy atom. The number of benzene rings is 1. The van der Waals surface area contributed by atoms with Gasteiger partial charge in [0, 0.05) is 12.0 Å². The molecule has 6 nitrogen and oxygen atoms in total. The van der Waals surface area contributed by atoms with Crippen LogP contribution in [0.5, 0.6) is 5.75 Å². The Labute approximate surface area is 221 Å². The van der Waals surface area contributed by atoms with Crippen molar-refractivity contribution in [2.24, 2.45) is 40.4 Å². The van der Waals surface area contributed by atoms with Gasteiger partial charge in [-0.1, -0.05) is 19.1 Å². The minimum atomic E-state index is -4.79. The molecule has 0 radical (unpaired) electrons. The first-order valence-electron chi connectivity index (χ1n) is 14.1. The van der Waals surface area contributed by atoms with Crippen molar-refractivity contribution in [2.75, 3.05) is 0 Å². The molecule has 1 aromatic heterocycles. The fourth-order valence-corrected chi connectivity index (χ4v) is 9.48. The number of nitrogens with zero attached hydrogens (tertiary/aromatic N) is 3. The molecular formula is C29H38F3N3O3. The lowest BCUT2D eigenvalue weighted by atomic mass is 9.44. The van der Waals surface area contributed by atoms with Crippen molar-refractivity contribution in [3.8, 4) is 5.75 Å². The second-order valence-corrected chi connectivity index (χ2v) is 13.4. The molecule has 4 aliphatic carbocycles. The van der Waals surface area contributed by atoms with Crippen LogP contribution in [0.15, 0.2) is 18.2 Å². The first-order chi connectivity index (χ1) is 17.8. The van der Waals surface area contributed by atoms with Gasteiger partial charge in [0.1, 0.15) is 17.8 Å². The Balaban J connectivity index is 1.20. The van der Waals surface area contributed by atoms with E-state index in [0.717, 1.165) is 51.4 Å². The Kier molecular flexibility index (Phi) is 5.95. The number of ketones is 1. The molecule has 2 aromatic rings. The highest BCUT2D eigenvalue weighted by molar-refractivity contribution is 5.84. The fraction of sp³-hybridized carbons (Fsp3) is 0.759. The molecule has 0 amide bonds. The summed E-state index contributed by atoms with van der Waals surface area (Å²) >= 11 is 0. The molecule has 4 aliphatic rings. The average Bonchev–Trinajstić information content (AvgIpc) is 3.38. The maximum atomic E-state index is 13.7. The van der Waals surface area contributed by atoms with E-state index in [1.165, 1.54) is 29.3 Å². The topological polar surface area (TPSA) is 77.2 Å². The minimum absolute atomic E-state index is 0.00190. The van der Waals surface area contributed by atoms with Crippen molar-refractivity contribution < 1.29 is 27.8 Å². The lowest BCUT2D eigenvalue weighted by Gasteiger charge is -2.61. The highest BCUT2D eigenvalue weighted by Crippen LogP contribution is 2.68. The van der Waals surface area contributed by atoms with Crippen LogP contribution in [0.25, 0.3) is 11.0 Å². The summed E-state index contributed by atoms with van der Waals surface area (Å²) in [7, 11) is 0. The molecule has 4 fully saturated rings. The molecule has 8 atom stereocenters. The van der Waals surface area contributed by atoms with E-state index < -0.39 is 12.0 Å². The first-order valence-corrected chi connectivity index (χ1v) is 14.1. The molecule has 6 rings (SSSR count). The molecular weight excluding hydrogens is 495 g/mol. The molecule has 1 heterocycles. The smallest absolute Gasteiger partial charge is 0.406 e. The van der Waals surface area contributed by atoms with Crippen LogP contribution < -0.4 is 4.74 Å². The highest BCUT2D eigenvalue weighted by atomic mass is 19.4. The third-order valence-electron chi connectivity index (χ3n) is 11.4. The highest BCUT2D eigenvalue weighted by Gasteiger charge is 2.61. The van der Waals surface area contributed by atoms with E-state index in [1.807, 2.05) is 6.92 Å². The molecule has 0 spiro atoms. The maximum absolute atomic E-state index is 13.7. The van der Waals surface area contributed by atoms with E-state index in [1.54, 1.807) is 0 Å². The summed E-state index contributed by atoms with van der Waals surface area (Å²) in [5, 5.41) is 18.9. The Bertz CT molecular complexity index is 1240. The van der Waals surface area contributed by atoms with Crippen LogP contribution in [0.4, 0.5) is 13.2 Å². The quantitative estimate of drug-likeness (QED) is 0.499. The van der Waals surface area contributed by atoms with Crippen LogP contribution in [-0.2, 0) is 11.3 Å². The second kappa shape index (κ2) is 8.67. The summed E-state index contributed by atoms with van der Waals surface area (Å²) in [5.74, 6) is 2.01. The van der Waals surface area contributed by atoms with Gasteiger partial charge in [-0.05, 0) is 111 Å². The zero-order valence-corrected chi connectivity index (χ0v) is 22.4. The van der Waals surface area contributed by atoms with E-state index in [2.05, 4.69) is 28.9 Å². The standard InChI is InChI=1S/C29H38F3N3O3/c1-26(37)12-13-27(2)17(15-26)4-6-19-20-7-8-22(28(20,3)11-10-21(19)27)25(36)16-35-24-14-18(38-29(30,31)32)5-9-23(24)33-34-35/h5,9,14,17,19-22,37H,4,6-8,10-13,15-16H2,1-3H3/t17-,19+,20+,21+,22-,26-,27+,28+/m1/s1. The van der Waals surface area contributed by atoms with Gasteiger partial charge in [-0.15, -0.1) is 18.3 Å². The number of fused-ring (bicyclic) bond motifs is 6. The average molecular weight is 534 g/mol. The third-order valence-corrected chi connectivity index (χ3v) is 11.4. The Hall–Kier alpha value is -2.16. The molecule has 0 unspecified atom stereocenters.